The standard InChI is InChI=1S/C28H29FN6O/c1-18-3-7-23(24(13-18)19-5-8-26-21(14-19)16-31-28(30)33-26)27(36)32-22-6-4-20(25(29)15-22)17-35-11-9-34(2)10-12-35/h3-8,13-16H,9-12,17H2,1-2H3,(H,32,36)(H2,30,31,33). The lowest BCUT2D eigenvalue weighted by molar-refractivity contribution is 0.102. The van der Waals surface area contributed by atoms with Gasteiger partial charge in [0.25, 0.3) is 5.91 Å². The van der Waals surface area contributed by atoms with E-state index in [2.05, 4.69) is 32.1 Å². The third kappa shape index (κ3) is 5.19. The Balaban J connectivity index is 1.37. The molecule has 1 aliphatic heterocycles. The molecule has 5 rings (SSSR count). The Hall–Kier alpha value is -3.88. The van der Waals surface area contributed by atoms with Crippen LogP contribution in [0.25, 0.3) is 22.0 Å². The molecule has 1 aliphatic rings. The summed E-state index contributed by atoms with van der Waals surface area (Å²) in [5, 5.41) is 3.70. The number of aryl methyl sites for hydroxylation is 1. The van der Waals surface area contributed by atoms with Gasteiger partial charge in [-0.05, 0) is 55.4 Å². The summed E-state index contributed by atoms with van der Waals surface area (Å²) >= 11 is 0. The van der Waals surface area contributed by atoms with Crippen molar-refractivity contribution in [2.75, 3.05) is 44.3 Å². The summed E-state index contributed by atoms with van der Waals surface area (Å²) in [4.78, 5) is 26.1. The van der Waals surface area contributed by atoms with Crippen LogP contribution in [-0.4, -0.2) is 58.9 Å². The summed E-state index contributed by atoms with van der Waals surface area (Å²) < 4.78 is 14.9. The van der Waals surface area contributed by atoms with Crippen molar-refractivity contribution in [2.24, 2.45) is 0 Å². The third-order valence-corrected chi connectivity index (χ3v) is 6.63. The average molecular weight is 485 g/mol. The van der Waals surface area contributed by atoms with Gasteiger partial charge in [0, 0.05) is 61.1 Å². The van der Waals surface area contributed by atoms with E-state index in [0.29, 0.717) is 23.4 Å². The lowest BCUT2D eigenvalue weighted by atomic mass is 9.96. The monoisotopic (exact) mass is 484 g/mol. The lowest BCUT2D eigenvalue weighted by Crippen LogP contribution is -2.44. The highest BCUT2D eigenvalue weighted by molar-refractivity contribution is 6.09. The maximum atomic E-state index is 14.9. The number of hydrogen-bond donors (Lipinski definition) is 2. The summed E-state index contributed by atoms with van der Waals surface area (Å²) in [5.74, 6) is -0.401. The fourth-order valence-corrected chi connectivity index (χ4v) is 4.51. The topological polar surface area (TPSA) is 87.4 Å². The first-order chi connectivity index (χ1) is 17.4. The smallest absolute Gasteiger partial charge is 0.256 e. The van der Waals surface area contributed by atoms with E-state index >= 15 is 0 Å². The molecular weight excluding hydrogens is 455 g/mol. The zero-order valence-electron chi connectivity index (χ0n) is 20.5. The van der Waals surface area contributed by atoms with Crippen LogP contribution in [-0.2, 0) is 6.54 Å². The van der Waals surface area contributed by atoms with Crippen molar-refractivity contribution in [3.63, 3.8) is 0 Å². The number of carbonyl (C=O) groups excluding carboxylic acids is 1. The summed E-state index contributed by atoms with van der Waals surface area (Å²) in [7, 11) is 2.10. The second-order valence-electron chi connectivity index (χ2n) is 9.39. The van der Waals surface area contributed by atoms with Crippen LogP contribution in [0.3, 0.4) is 0 Å². The molecule has 184 valence electrons. The summed E-state index contributed by atoms with van der Waals surface area (Å²) in [6.45, 7) is 6.33. The second kappa shape index (κ2) is 10.0. The van der Waals surface area contributed by atoms with Crippen molar-refractivity contribution in [3.8, 4) is 11.1 Å². The largest absolute Gasteiger partial charge is 0.368 e. The average Bonchev–Trinajstić information content (AvgIpc) is 2.86. The van der Waals surface area contributed by atoms with E-state index in [4.69, 9.17) is 5.73 Å². The second-order valence-corrected chi connectivity index (χ2v) is 9.39. The van der Waals surface area contributed by atoms with Crippen LogP contribution < -0.4 is 11.1 Å². The van der Waals surface area contributed by atoms with Gasteiger partial charge in [0.2, 0.25) is 5.95 Å². The Kier molecular flexibility index (Phi) is 6.63. The number of nitrogens with zero attached hydrogens (tertiary/aromatic N) is 4. The van der Waals surface area contributed by atoms with Gasteiger partial charge < -0.3 is 16.0 Å². The van der Waals surface area contributed by atoms with E-state index in [-0.39, 0.29) is 17.7 Å². The van der Waals surface area contributed by atoms with E-state index in [1.54, 1.807) is 24.4 Å². The molecule has 0 atom stereocenters. The van der Waals surface area contributed by atoms with Crippen molar-refractivity contribution >= 4 is 28.4 Å². The normalized spacial score (nSPS) is 14.8. The number of amides is 1. The van der Waals surface area contributed by atoms with E-state index in [9.17, 15) is 9.18 Å². The van der Waals surface area contributed by atoms with Gasteiger partial charge in [-0.25, -0.2) is 14.4 Å². The molecule has 0 unspecified atom stereocenters. The molecule has 3 N–H and O–H groups in total. The number of anilines is 2. The molecule has 1 fully saturated rings. The minimum Gasteiger partial charge on any atom is -0.368 e. The molecular formula is C28H29FN6O. The molecule has 0 bridgehead atoms. The number of nitrogens with two attached hydrogens (primary N) is 1. The molecule has 0 saturated carbocycles. The van der Waals surface area contributed by atoms with Crippen molar-refractivity contribution < 1.29 is 9.18 Å². The van der Waals surface area contributed by atoms with Gasteiger partial charge in [0.1, 0.15) is 5.82 Å². The number of hydrogen-bond acceptors (Lipinski definition) is 6. The van der Waals surface area contributed by atoms with Gasteiger partial charge in [-0.15, -0.1) is 0 Å². The third-order valence-electron chi connectivity index (χ3n) is 6.63. The number of aromatic nitrogens is 2. The quantitative estimate of drug-likeness (QED) is 0.439. The zero-order chi connectivity index (χ0) is 25.2. The highest BCUT2D eigenvalue weighted by Gasteiger charge is 2.18. The number of nitrogen functional groups attached to an aromatic ring is 1. The van der Waals surface area contributed by atoms with Gasteiger partial charge in [-0.2, -0.15) is 0 Å². The molecule has 2 heterocycles. The summed E-state index contributed by atoms with van der Waals surface area (Å²) in [5.41, 5.74) is 10.6. The van der Waals surface area contributed by atoms with Crippen molar-refractivity contribution in [3.05, 3.63) is 83.3 Å². The number of carbonyl (C=O) groups is 1. The number of benzene rings is 3. The highest BCUT2D eigenvalue weighted by atomic mass is 19.1. The van der Waals surface area contributed by atoms with Gasteiger partial charge in [-0.1, -0.05) is 29.8 Å². The molecule has 0 spiro atoms. The molecule has 1 amide bonds. The predicted octanol–water partition coefficient (Wildman–Crippen LogP) is 4.33. The maximum Gasteiger partial charge on any atom is 0.256 e. The Morgan fingerprint density at radius 3 is 2.64 bits per heavy atom. The first kappa shape index (κ1) is 23.8. The predicted molar refractivity (Wildman–Crippen MR) is 141 cm³/mol. The van der Waals surface area contributed by atoms with Crippen LogP contribution in [0.2, 0.25) is 0 Å². The first-order valence-corrected chi connectivity index (χ1v) is 12.0. The summed E-state index contributed by atoms with van der Waals surface area (Å²) in [6.07, 6.45) is 1.67. The molecule has 3 aromatic carbocycles. The SMILES string of the molecule is Cc1ccc(C(=O)Nc2ccc(CN3CCN(C)CC3)c(F)c2)c(-c2ccc3nc(N)ncc3c2)c1. The van der Waals surface area contributed by atoms with Crippen molar-refractivity contribution in [2.45, 2.75) is 13.5 Å². The summed E-state index contributed by atoms with van der Waals surface area (Å²) in [6, 6.07) is 16.3. The van der Waals surface area contributed by atoms with E-state index in [0.717, 1.165) is 53.8 Å². The Morgan fingerprint density at radius 2 is 1.86 bits per heavy atom. The first-order valence-electron chi connectivity index (χ1n) is 12.0. The van der Waals surface area contributed by atoms with Crippen LogP contribution in [0, 0.1) is 12.7 Å². The number of rotatable bonds is 5. The maximum absolute atomic E-state index is 14.9. The molecule has 36 heavy (non-hydrogen) atoms. The molecule has 4 aromatic rings. The Labute approximate surface area is 209 Å². The Bertz CT molecular complexity index is 1430. The van der Waals surface area contributed by atoms with Gasteiger partial charge >= 0.3 is 0 Å². The Morgan fingerprint density at radius 1 is 1.06 bits per heavy atom. The van der Waals surface area contributed by atoms with Crippen molar-refractivity contribution in [1.29, 1.82) is 0 Å². The lowest BCUT2D eigenvalue weighted by Gasteiger charge is -2.32. The fourth-order valence-electron chi connectivity index (χ4n) is 4.51. The molecule has 1 aromatic heterocycles. The molecule has 0 aliphatic carbocycles. The van der Waals surface area contributed by atoms with Crippen LogP contribution in [0.5, 0.6) is 0 Å². The van der Waals surface area contributed by atoms with Gasteiger partial charge in [-0.3, -0.25) is 9.69 Å². The minimum atomic E-state index is -0.315. The number of nitrogens with one attached hydrogen (secondary N) is 1. The van der Waals surface area contributed by atoms with Crippen molar-refractivity contribution in [1.82, 2.24) is 19.8 Å². The van der Waals surface area contributed by atoms with E-state index in [1.807, 2.05) is 37.3 Å². The number of likely N-dealkylation sites (N-methyl/N-ethyl adjacent to an activating group) is 1. The van der Waals surface area contributed by atoms with Gasteiger partial charge in [0.15, 0.2) is 0 Å². The van der Waals surface area contributed by atoms with E-state index < -0.39 is 0 Å². The fraction of sp³-hybridized carbons (Fsp3) is 0.250. The number of halogens is 1. The number of fused-ring (bicyclic) bond motifs is 1. The van der Waals surface area contributed by atoms with Crippen LogP contribution in [0.4, 0.5) is 16.0 Å². The molecule has 0 radical (unpaired) electrons. The molecule has 7 nitrogen and oxygen atoms in total. The van der Waals surface area contributed by atoms with E-state index in [1.165, 1.54) is 6.07 Å². The molecule has 1 saturated heterocycles. The number of piperazine rings is 1. The van der Waals surface area contributed by atoms with Gasteiger partial charge in [0.05, 0.1) is 5.52 Å². The highest BCUT2D eigenvalue weighted by Crippen LogP contribution is 2.29. The van der Waals surface area contributed by atoms with Crippen LogP contribution >= 0.6 is 0 Å². The minimum absolute atomic E-state index is 0.215. The zero-order valence-corrected chi connectivity index (χ0v) is 20.5. The molecule has 8 heteroatoms. The van der Waals surface area contributed by atoms with Crippen LogP contribution in [0.1, 0.15) is 21.5 Å². The van der Waals surface area contributed by atoms with Crippen LogP contribution in [0.15, 0.2) is 60.8 Å².